The van der Waals surface area contributed by atoms with Crippen molar-refractivity contribution >= 4 is 27.3 Å². The number of benzene rings is 1. The van der Waals surface area contributed by atoms with E-state index in [0.717, 1.165) is 24.0 Å². The Balaban J connectivity index is 1.70. The maximum absolute atomic E-state index is 3.45. The highest BCUT2D eigenvalue weighted by atomic mass is 79.9. The Kier molecular flexibility index (Phi) is 4.57. The fraction of sp³-hybridized carbons (Fsp3) is 0.231. The molecule has 84 valence electrons. The second kappa shape index (κ2) is 6.18. The Morgan fingerprint density at radius 3 is 2.62 bits per heavy atom. The highest BCUT2D eigenvalue weighted by Crippen LogP contribution is 2.11. The predicted molar refractivity (Wildman–Crippen MR) is 73.9 cm³/mol. The van der Waals surface area contributed by atoms with Crippen molar-refractivity contribution < 1.29 is 0 Å². The van der Waals surface area contributed by atoms with Gasteiger partial charge in [0.25, 0.3) is 0 Å². The van der Waals surface area contributed by atoms with Gasteiger partial charge in [0.15, 0.2) is 0 Å². The molecule has 0 aliphatic heterocycles. The third-order valence-electron chi connectivity index (χ3n) is 2.37. The van der Waals surface area contributed by atoms with Gasteiger partial charge in [-0.05, 0) is 35.6 Å². The van der Waals surface area contributed by atoms with Crippen molar-refractivity contribution in [3.05, 3.63) is 56.7 Å². The summed E-state index contributed by atoms with van der Waals surface area (Å²) in [5.41, 5.74) is 1.33. The van der Waals surface area contributed by atoms with Crippen LogP contribution in [0.3, 0.4) is 0 Å². The number of thiophene rings is 1. The molecule has 0 saturated heterocycles. The Bertz CT molecular complexity index is 408. The molecule has 1 aromatic carbocycles. The van der Waals surface area contributed by atoms with E-state index in [9.17, 15) is 0 Å². The largest absolute Gasteiger partial charge is 0.312 e. The van der Waals surface area contributed by atoms with E-state index >= 15 is 0 Å². The first-order chi connectivity index (χ1) is 7.84. The summed E-state index contributed by atoms with van der Waals surface area (Å²) in [5.74, 6) is 0. The van der Waals surface area contributed by atoms with Crippen LogP contribution in [0.4, 0.5) is 0 Å². The molecule has 16 heavy (non-hydrogen) atoms. The lowest BCUT2D eigenvalue weighted by Gasteiger charge is -2.04. The van der Waals surface area contributed by atoms with Crippen LogP contribution in [0.15, 0.2) is 46.3 Å². The molecule has 0 aliphatic rings. The lowest BCUT2D eigenvalue weighted by atomic mass is 10.2. The molecule has 1 N–H and O–H groups in total. The van der Waals surface area contributed by atoms with Gasteiger partial charge in [0.05, 0.1) is 0 Å². The molecule has 0 bridgehead atoms. The zero-order valence-electron chi connectivity index (χ0n) is 8.95. The van der Waals surface area contributed by atoms with Crippen LogP contribution in [0.1, 0.15) is 10.4 Å². The van der Waals surface area contributed by atoms with Crippen LogP contribution < -0.4 is 5.32 Å². The molecule has 0 atom stereocenters. The zero-order valence-corrected chi connectivity index (χ0v) is 11.4. The third-order valence-corrected chi connectivity index (χ3v) is 3.84. The van der Waals surface area contributed by atoms with Crippen LogP contribution in [0.25, 0.3) is 0 Å². The second-order valence-corrected chi connectivity index (χ2v) is 5.58. The van der Waals surface area contributed by atoms with Crippen LogP contribution in [0.2, 0.25) is 0 Å². The van der Waals surface area contributed by atoms with Crippen molar-refractivity contribution in [3.63, 3.8) is 0 Å². The highest BCUT2D eigenvalue weighted by Gasteiger charge is 1.95. The Hall–Kier alpha value is -0.640. The van der Waals surface area contributed by atoms with E-state index in [0.29, 0.717) is 0 Å². The highest BCUT2D eigenvalue weighted by molar-refractivity contribution is 9.10. The molecule has 2 aromatic rings. The molecule has 1 aromatic heterocycles. The van der Waals surface area contributed by atoms with Crippen LogP contribution in [0, 0.1) is 0 Å². The fourth-order valence-electron chi connectivity index (χ4n) is 1.50. The number of halogens is 1. The smallest absolute Gasteiger partial charge is 0.0205 e. The molecule has 0 unspecified atom stereocenters. The van der Waals surface area contributed by atoms with Crippen molar-refractivity contribution in [2.45, 2.75) is 13.0 Å². The van der Waals surface area contributed by atoms with Gasteiger partial charge in [-0.3, -0.25) is 0 Å². The molecule has 0 amide bonds. The average molecular weight is 296 g/mol. The van der Waals surface area contributed by atoms with Crippen molar-refractivity contribution in [1.82, 2.24) is 5.32 Å². The topological polar surface area (TPSA) is 12.0 Å². The maximum atomic E-state index is 3.45. The summed E-state index contributed by atoms with van der Waals surface area (Å²) in [6.07, 6.45) is 1.12. The van der Waals surface area contributed by atoms with Crippen molar-refractivity contribution in [3.8, 4) is 0 Å². The molecule has 3 heteroatoms. The van der Waals surface area contributed by atoms with Crippen LogP contribution in [-0.2, 0) is 13.0 Å². The van der Waals surface area contributed by atoms with Gasteiger partial charge in [0, 0.05) is 22.4 Å². The molecular weight excluding hydrogens is 282 g/mol. The van der Waals surface area contributed by atoms with Gasteiger partial charge in [0.1, 0.15) is 0 Å². The molecule has 0 radical (unpaired) electrons. The number of nitrogens with one attached hydrogen (secondary N) is 1. The van der Waals surface area contributed by atoms with Gasteiger partial charge < -0.3 is 5.32 Å². The van der Waals surface area contributed by atoms with E-state index in [2.05, 4.69) is 63.0 Å². The average Bonchev–Trinajstić information content (AvgIpc) is 2.80. The Labute approximate surface area is 109 Å². The molecule has 0 saturated carbocycles. The van der Waals surface area contributed by atoms with E-state index in [1.54, 1.807) is 0 Å². The summed E-state index contributed by atoms with van der Waals surface area (Å²) >= 11 is 5.26. The van der Waals surface area contributed by atoms with Gasteiger partial charge >= 0.3 is 0 Å². The number of hydrogen-bond donors (Lipinski definition) is 1. The van der Waals surface area contributed by atoms with Gasteiger partial charge in [-0.1, -0.05) is 34.1 Å². The van der Waals surface area contributed by atoms with Crippen molar-refractivity contribution in [2.24, 2.45) is 0 Å². The first-order valence-electron chi connectivity index (χ1n) is 5.32. The third kappa shape index (κ3) is 3.74. The summed E-state index contributed by atoms with van der Waals surface area (Å²) in [6.45, 7) is 1.98. The Morgan fingerprint density at radius 2 is 1.94 bits per heavy atom. The molecule has 1 heterocycles. The summed E-state index contributed by atoms with van der Waals surface area (Å²) < 4.78 is 1.13. The lowest BCUT2D eigenvalue weighted by molar-refractivity contribution is 0.690. The summed E-state index contributed by atoms with van der Waals surface area (Å²) in [6, 6.07) is 12.7. The second-order valence-electron chi connectivity index (χ2n) is 3.63. The first kappa shape index (κ1) is 11.8. The van der Waals surface area contributed by atoms with Gasteiger partial charge in [0.2, 0.25) is 0 Å². The maximum Gasteiger partial charge on any atom is 0.0205 e. The SMILES string of the molecule is Brc1ccc(CNCCc2cccs2)cc1. The van der Waals surface area contributed by atoms with E-state index < -0.39 is 0 Å². The predicted octanol–water partition coefficient (Wildman–Crippen LogP) is 3.84. The minimum Gasteiger partial charge on any atom is -0.312 e. The summed E-state index contributed by atoms with van der Waals surface area (Å²) in [7, 11) is 0. The van der Waals surface area contributed by atoms with E-state index in [4.69, 9.17) is 0 Å². The molecule has 2 rings (SSSR count). The summed E-state index contributed by atoms with van der Waals surface area (Å²) in [4.78, 5) is 1.45. The standard InChI is InChI=1S/C13H14BrNS/c14-12-5-3-11(4-6-12)10-15-8-7-13-2-1-9-16-13/h1-6,9,15H,7-8,10H2. The lowest BCUT2D eigenvalue weighted by Crippen LogP contribution is -2.16. The van der Waals surface area contributed by atoms with E-state index in [1.165, 1.54) is 10.4 Å². The van der Waals surface area contributed by atoms with Gasteiger partial charge in [-0.2, -0.15) is 0 Å². The van der Waals surface area contributed by atoms with Crippen LogP contribution >= 0.6 is 27.3 Å². The minimum absolute atomic E-state index is 0.943. The number of rotatable bonds is 5. The molecule has 0 spiro atoms. The zero-order chi connectivity index (χ0) is 11.2. The van der Waals surface area contributed by atoms with Crippen molar-refractivity contribution in [1.29, 1.82) is 0 Å². The van der Waals surface area contributed by atoms with Crippen molar-refractivity contribution in [2.75, 3.05) is 6.54 Å². The molecule has 0 aliphatic carbocycles. The van der Waals surface area contributed by atoms with Crippen LogP contribution in [0.5, 0.6) is 0 Å². The van der Waals surface area contributed by atoms with E-state index in [1.807, 2.05) is 11.3 Å². The van der Waals surface area contributed by atoms with Gasteiger partial charge in [-0.25, -0.2) is 0 Å². The molecule has 1 nitrogen and oxygen atoms in total. The quantitative estimate of drug-likeness (QED) is 0.827. The Morgan fingerprint density at radius 1 is 1.12 bits per heavy atom. The summed E-state index contributed by atoms with van der Waals surface area (Å²) in [5, 5.41) is 5.58. The fourth-order valence-corrected chi connectivity index (χ4v) is 2.47. The first-order valence-corrected chi connectivity index (χ1v) is 6.99. The monoisotopic (exact) mass is 295 g/mol. The molecule has 0 fully saturated rings. The van der Waals surface area contributed by atoms with Gasteiger partial charge in [-0.15, -0.1) is 11.3 Å². The van der Waals surface area contributed by atoms with E-state index in [-0.39, 0.29) is 0 Å². The normalized spacial score (nSPS) is 10.6. The molecular formula is C13H14BrNS. The minimum atomic E-state index is 0.943. The van der Waals surface area contributed by atoms with Crippen LogP contribution in [-0.4, -0.2) is 6.54 Å². The number of hydrogen-bond acceptors (Lipinski definition) is 2.